The van der Waals surface area contributed by atoms with E-state index < -0.39 is 0 Å². The second-order valence-electron chi connectivity index (χ2n) is 4.13. The van der Waals surface area contributed by atoms with E-state index in [0.29, 0.717) is 6.04 Å². The molecule has 1 N–H and O–H groups in total. The average molecular weight is 213 g/mol. The highest BCUT2D eigenvalue weighted by atomic mass is 16.2. The molecule has 1 rings (SSSR count). The molecule has 0 aliphatic heterocycles. The molecule has 1 aliphatic carbocycles. The number of carbonyl (C=O) groups excluding carboxylic acids is 2. The van der Waals surface area contributed by atoms with Gasteiger partial charge in [-0.1, -0.05) is 0 Å². The number of hydrogen-bond acceptors (Lipinski definition) is 3. The fourth-order valence-electron chi connectivity index (χ4n) is 1.22. The number of nitrogens with one attached hydrogen (secondary N) is 1. The monoisotopic (exact) mass is 213 g/mol. The summed E-state index contributed by atoms with van der Waals surface area (Å²) < 4.78 is 0. The van der Waals surface area contributed by atoms with Gasteiger partial charge in [-0.15, -0.1) is 0 Å². The molecule has 0 saturated heterocycles. The lowest BCUT2D eigenvalue weighted by molar-refractivity contribution is -0.130. The van der Waals surface area contributed by atoms with E-state index in [4.69, 9.17) is 0 Å². The Morgan fingerprint density at radius 3 is 2.13 bits per heavy atom. The first-order chi connectivity index (χ1) is 7.02. The van der Waals surface area contributed by atoms with Gasteiger partial charge >= 0.3 is 0 Å². The first-order valence-corrected chi connectivity index (χ1v) is 5.19. The van der Waals surface area contributed by atoms with Crippen molar-refractivity contribution in [2.45, 2.75) is 18.9 Å². The van der Waals surface area contributed by atoms with Crippen LogP contribution in [0.5, 0.6) is 0 Å². The van der Waals surface area contributed by atoms with Crippen LogP contribution in [0.1, 0.15) is 12.8 Å². The van der Waals surface area contributed by atoms with Gasteiger partial charge in [0.1, 0.15) is 0 Å². The molecule has 0 aromatic rings. The van der Waals surface area contributed by atoms with Gasteiger partial charge in [0.2, 0.25) is 11.8 Å². The SMILES string of the molecule is CN(C)C(=O)CNCC(=O)N(C)C1CC1. The predicted octanol–water partition coefficient (Wildman–Crippen LogP) is -0.715. The summed E-state index contributed by atoms with van der Waals surface area (Å²) in [5, 5.41) is 2.85. The molecular formula is C10H19N3O2. The lowest BCUT2D eigenvalue weighted by Gasteiger charge is -2.17. The second kappa shape index (κ2) is 5.11. The molecule has 0 radical (unpaired) electrons. The third kappa shape index (κ3) is 3.87. The first-order valence-electron chi connectivity index (χ1n) is 5.19. The molecule has 0 spiro atoms. The molecule has 0 bridgehead atoms. The molecule has 2 amide bonds. The number of likely N-dealkylation sites (N-methyl/N-ethyl adjacent to an activating group) is 2. The molecule has 15 heavy (non-hydrogen) atoms. The van der Waals surface area contributed by atoms with Crippen molar-refractivity contribution in [1.82, 2.24) is 15.1 Å². The minimum atomic E-state index is -0.0168. The third-order valence-corrected chi connectivity index (χ3v) is 2.54. The standard InChI is InChI=1S/C10H19N3O2/c1-12(2)9(14)6-11-7-10(15)13(3)8-4-5-8/h8,11H,4-7H2,1-3H3. The van der Waals surface area contributed by atoms with Gasteiger partial charge in [-0.2, -0.15) is 0 Å². The van der Waals surface area contributed by atoms with Crippen molar-refractivity contribution >= 4 is 11.8 Å². The van der Waals surface area contributed by atoms with Crippen LogP contribution in [0.25, 0.3) is 0 Å². The molecule has 0 atom stereocenters. The third-order valence-electron chi connectivity index (χ3n) is 2.54. The van der Waals surface area contributed by atoms with Crippen LogP contribution in [0.15, 0.2) is 0 Å². The molecule has 1 fully saturated rings. The summed E-state index contributed by atoms with van der Waals surface area (Å²) in [4.78, 5) is 26.0. The largest absolute Gasteiger partial charge is 0.348 e. The summed E-state index contributed by atoms with van der Waals surface area (Å²) in [6, 6.07) is 0.434. The van der Waals surface area contributed by atoms with E-state index in [1.54, 1.807) is 19.0 Å². The summed E-state index contributed by atoms with van der Waals surface area (Å²) in [6.07, 6.45) is 2.22. The molecule has 0 aromatic heterocycles. The van der Waals surface area contributed by atoms with Crippen molar-refractivity contribution in [2.24, 2.45) is 0 Å². The topological polar surface area (TPSA) is 52.7 Å². The van der Waals surface area contributed by atoms with Crippen LogP contribution in [0.3, 0.4) is 0 Å². The minimum Gasteiger partial charge on any atom is -0.348 e. The number of carbonyl (C=O) groups is 2. The van der Waals surface area contributed by atoms with Crippen LogP contribution in [-0.4, -0.2) is 61.9 Å². The average Bonchev–Trinajstić information content (AvgIpc) is 2.99. The number of amides is 2. The van der Waals surface area contributed by atoms with Gasteiger partial charge in [-0.05, 0) is 12.8 Å². The normalized spacial score (nSPS) is 14.9. The van der Waals surface area contributed by atoms with Gasteiger partial charge in [-0.25, -0.2) is 0 Å². The number of hydrogen-bond donors (Lipinski definition) is 1. The zero-order chi connectivity index (χ0) is 11.4. The van der Waals surface area contributed by atoms with E-state index >= 15 is 0 Å². The van der Waals surface area contributed by atoms with Gasteiger partial charge < -0.3 is 9.80 Å². The fourth-order valence-corrected chi connectivity index (χ4v) is 1.22. The van der Waals surface area contributed by atoms with E-state index in [1.807, 2.05) is 7.05 Å². The molecule has 5 heteroatoms. The lowest BCUT2D eigenvalue weighted by atomic mass is 10.4. The highest BCUT2D eigenvalue weighted by Crippen LogP contribution is 2.24. The quantitative estimate of drug-likeness (QED) is 0.656. The maximum Gasteiger partial charge on any atom is 0.236 e. The number of nitrogens with zero attached hydrogens (tertiary/aromatic N) is 2. The Hall–Kier alpha value is -1.10. The second-order valence-corrected chi connectivity index (χ2v) is 4.13. The van der Waals surface area contributed by atoms with E-state index in [2.05, 4.69) is 5.32 Å². The molecule has 1 saturated carbocycles. The molecule has 0 unspecified atom stereocenters. The smallest absolute Gasteiger partial charge is 0.236 e. The summed E-state index contributed by atoms with van der Waals surface area (Å²) in [5.41, 5.74) is 0. The van der Waals surface area contributed by atoms with E-state index in [-0.39, 0.29) is 24.9 Å². The highest BCUT2D eigenvalue weighted by molar-refractivity contribution is 5.81. The van der Waals surface area contributed by atoms with Crippen molar-refractivity contribution in [3.05, 3.63) is 0 Å². The highest BCUT2D eigenvalue weighted by Gasteiger charge is 2.29. The van der Waals surface area contributed by atoms with Crippen molar-refractivity contribution in [2.75, 3.05) is 34.2 Å². The Balaban J connectivity index is 2.13. The van der Waals surface area contributed by atoms with Crippen molar-refractivity contribution in [3.8, 4) is 0 Å². The Morgan fingerprint density at radius 2 is 1.67 bits per heavy atom. The van der Waals surface area contributed by atoms with Crippen molar-refractivity contribution < 1.29 is 9.59 Å². The lowest BCUT2D eigenvalue weighted by Crippen LogP contribution is -2.40. The molecule has 1 aliphatic rings. The zero-order valence-electron chi connectivity index (χ0n) is 9.62. The first kappa shape index (κ1) is 12.0. The Kier molecular flexibility index (Phi) is 4.08. The van der Waals surface area contributed by atoms with E-state index in [1.165, 1.54) is 4.90 Å². The fraction of sp³-hybridized carbons (Fsp3) is 0.800. The molecule has 0 aromatic carbocycles. The summed E-state index contributed by atoms with van der Waals surface area (Å²) in [5.74, 6) is 0.0425. The zero-order valence-corrected chi connectivity index (χ0v) is 9.62. The summed E-state index contributed by atoms with van der Waals surface area (Å²) in [7, 11) is 5.21. The van der Waals surface area contributed by atoms with Gasteiger partial charge in [0, 0.05) is 27.2 Å². The van der Waals surface area contributed by atoms with Crippen LogP contribution in [0.4, 0.5) is 0 Å². The van der Waals surface area contributed by atoms with Gasteiger partial charge in [-0.3, -0.25) is 14.9 Å². The number of rotatable bonds is 5. The van der Waals surface area contributed by atoms with Crippen molar-refractivity contribution in [3.63, 3.8) is 0 Å². The summed E-state index contributed by atoms with van der Waals surface area (Å²) in [6.45, 7) is 0.462. The van der Waals surface area contributed by atoms with Gasteiger partial charge in [0.05, 0.1) is 13.1 Å². The van der Waals surface area contributed by atoms with E-state index in [0.717, 1.165) is 12.8 Å². The molecule has 0 heterocycles. The maximum atomic E-state index is 11.5. The van der Waals surface area contributed by atoms with Gasteiger partial charge in [0.25, 0.3) is 0 Å². The predicted molar refractivity (Wildman–Crippen MR) is 57.4 cm³/mol. The molecular weight excluding hydrogens is 194 g/mol. The van der Waals surface area contributed by atoms with Crippen LogP contribution >= 0.6 is 0 Å². The Morgan fingerprint density at radius 1 is 1.13 bits per heavy atom. The molecule has 5 nitrogen and oxygen atoms in total. The Bertz CT molecular complexity index is 249. The maximum absolute atomic E-state index is 11.5. The van der Waals surface area contributed by atoms with Crippen molar-refractivity contribution in [1.29, 1.82) is 0 Å². The Labute approximate surface area is 90.4 Å². The van der Waals surface area contributed by atoms with Crippen LogP contribution in [0, 0.1) is 0 Å². The minimum absolute atomic E-state index is 0.0168. The molecule has 86 valence electrons. The van der Waals surface area contributed by atoms with E-state index in [9.17, 15) is 9.59 Å². The van der Waals surface area contributed by atoms with Crippen LogP contribution < -0.4 is 5.32 Å². The van der Waals surface area contributed by atoms with Crippen LogP contribution in [-0.2, 0) is 9.59 Å². The summed E-state index contributed by atoms with van der Waals surface area (Å²) >= 11 is 0. The van der Waals surface area contributed by atoms with Crippen LogP contribution in [0.2, 0.25) is 0 Å². The van der Waals surface area contributed by atoms with Gasteiger partial charge in [0.15, 0.2) is 0 Å².